The molecule has 3 rings (SSSR count). The number of halogens is 1. The van der Waals surface area contributed by atoms with Crippen LogP contribution in [-0.2, 0) is 4.79 Å². The summed E-state index contributed by atoms with van der Waals surface area (Å²) in [6, 6.07) is 3.87. The van der Waals surface area contributed by atoms with Crippen LogP contribution in [0.25, 0.3) is 0 Å². The molecule has 0 aromatic heterocycles. The number of nitrogens with zero attached hydrogens (tertiary/aromatic N) is 3. The van der Waals surface area contributed by atoms with Crippen molar-refractivity contribution in [2.45, 2.75) is 0 Å². The Labute approximate surface area is 122 Å². The van der Waals surface area contributed by atoms with Gasteiger partial charge in [0.1, 0.15) is 5.82 Å². The molecule has 21 heavy (non-hydrogen) atoms. The summed E-state index contributed by atoms with van der Waals surface area (Å²) >= 11 is 0. The van der Waals surface area contributed by atoms with Gasteiger partial charge in [-0.2, -0.15) is 0 Å². The molecule has 0 atom stereocenters. The summed E-state index contributed by atoms with van der Waals surface area (Å²) in [5.41, 5.74) is 0.707. The Morgan fingerprint density at radius 1 is 1.10 bits per heavy atom. The number of piperazine rings is 1. The van der Waals surface area contributed by atoms with Crippen LogP contribution in [0, 0.1) is 5.82 Å². The number of carbonyl (C=O) groups is 2. The molecule has 112 valence electrons. The number of likely N-dealkylation sites (N-methyl/N-ethyl adjacent to an activating group) is 1. The van der Waals surface area contributed by atoms with E-state index >= 15 is 0 Å². The number of ketones is 1. The maximum absolute atomic E-state index is 13.4. The van der Waals surface area contributed by atoms with E-state index in [0.717, 1.165) is 26.2 Å². The van der Waals surface area contributed by atoms with Crippen molar-refractivity contribution >= 4 is 17.4 Å². The largest absolute Gasteiger partial charge is 0.304 e. The van der Waals surface area contributed by atoms with Crippen molar-refractivity contribution in [3.05, 3.63) is 29.6 Å². The van der Waals surface area contributed by atoms with Crippen LogP contribution in [0.5, 0.6) is 0 Å². The van der Waals surface area contributed by atoms with Gasteiger partial charge in [0.05, 0.1) is 11.3 Å². The third-order valence-corrected chi connectivity index (χ3v) is 4.17. The minimum absolute atomic E-state index is 0.305. The number of hydrogen-bond donors (Lipinski definition) is 0. The summed E-state index contributed by atoms with van der Waals surface area (Å²) in [5, 5.41) is 0. The van der Waals surface area contributed by atoms with Crippen molar-refractivity contribution < 1.29 is 14.0 Å². The van der Waals surface area contributed by atoms with Gasteiger partial charge in [-0.15, -0.1) is 0 Å². The second kappa shape index (κ2) is 5.54. The molecule has 1 aromatic carbocycles. The average molecular weight is 291 g/mol. The van der Waals surface area contributed by atoms with E-state index in [1.54, 1.807) is 0 Å². The standard InChI is InChI=1S/C15H18FN3O2/c1-17-4-6-18(7-5-17)8-9-19-13-10-11(16)2-3-12(13)14(20)15(19)21/h2-3,10H,4-9H2,1H3. The molecule has 5 nitrogen and oxygen atoms in total. The highest BCUT2D eigenvalue weighted by molar-refractivity contribution is 6.52. The first-order valence-electron chi connectivity index (χ1n) is 7.13. The Morgan fingerprint density at radius 2 is 1.81 bits per heavy atom. The second-order valence-electron chi connectivity index (χ2n) is 5.59. The number of amides is 1. The van der Waals surface area contributed by atoms with Crippen LogP contribution in [-0.4, -0.2) is 67.8 Å². The SMILES string of the molecule is CN1CCN(CCN2C(=O)C(=O)c3ccc(F)cc32)CC1. The van der Waals surface area contributed by atoms with E-state index in [4.69, 9.17) is 0 Å². The minimum Gasteiger partial charge on any atom is -0.304 e. The molecule has 1 fully saturated rings. The van der Waals surface area contributed by atoms with Crippen LogP contribution < -0.4 is 4.90 Å². The number of fused-ring (bicyclic) bond motifs is 1. The summed E-state index contributed by atoms with van der Waals surface area (Å²) in [6.07, 6.45) is 0. The van der Waals surface area contributed by atoms with E-state index in [1.165, 1.54) is 23.1 Å². The lowest BCUT2D eigenvalue weighted by atomic mass is 10.1. The van der Waals surface area contributed by atoms with Gasteiger partial charge in [0.15, 0.2) is 0 Å². The fraction of sp³-hybridized carbons (Fsp3) is 0.467. The van der Waals surface area contributed by atoms with Crippen molar-refractivity contribution in [3.8, 4) is 0 Å². The molecule has 2 heterocycles. The zero-order valence-electron chi connectivity index (χ0n) is 12.0. The third-order valence-electron chi connectivity index (χ3n) is 4.17. The van der Waals surface area contributed by atoms with E-state index < -0.39 is 17.5 Å². The molecular weight excluding hydrogens is 273 g/mol. The molecule has 1 aromatic rings. The van der Waals surface area contributed by atoms with E-state index in [9.17, 15) is 14.0 Å². The van der Waals surface area contributed by atoms with Crippen molar-refractivity contribution in [2.75, 3.05) is 51.2 Å². The smallest absolute Gasteiger partial charge is 0.299 e. The van der Waals surface area contributed by atoms with Gasteiger partial charge in [-0.1, -0.05) is 0 Å². The topological polar surface area (TPSA) is 43.9 Å². The van der Waals surface area contributed by atoms with Gasteiger partial charge in [-0.3, -0.25) is 14.5 Å². The first kappa shape index (κ1) is 14.2. The number of anilines is 1. The first-order valence-corrected chi connectivity index (χ1v) is 7.13. The van der Waals surface area contributed by atoms with Crippen LogP contribution in [0.2, 0.25) is 0 Å². The molecule has 0 spiro atoms. The molecular formula is C15H18FN3O2. The maximum Gasteiger partial charge on any atom is 0.299 e. The predicted molar refractivity (Wildman–Crippen MR) is 77.0 cm³/mol. The molecule has 0 bridgehead atoms. The Bertz CT molecular complexity index is 582. The van der Waals surface area contributed by atoms with Gasteiger partial charge >= 0.3 is 0 Å². The third kappa shape index (κ3) is 2.69. The molecule has 1 saturated heterocycles. The van der Waals surface area contributed by atoms with Crippen molar-refractivity contribution in [1.29, 1.82) is 0 Å². The summed E-state index contributed by atoms with van der Waals surface area (Å²) < 4.78 is 13.4. The molecule has 1 amide bonds. The Morgan fingerprint density at radius 3 is 2.52 bits per heavy atom. The molecule has 6 heteroatoms. The minimum atomic E-state index is -0.551. The van der Waals surface area contributed by atoms with Gasteiger partial charge in [-0.25, -0.2) is 4.39 Å². The zero-order valence-corrected chi connectivity index (χ0v) is 12.0. The zero-order chi connectivity index (χ0) is 15.0. The predicted octanol–water partition coefficient (Wildman–Crippen LogP) is 0.602. The summed E-state index contributed by atoms with van der Waals surface area (Å²) in [7, 11) is 2.08. The second-order valence-corrected chi connectivity index (χ2v) is 5.59. The average Bonchev–Trinajstić information content (AvgIpc) is 2.70. The van der Waals surface area contributed by atoms with E-state index in [0.29, 0.717) is 24.3 Å². The van der Waals surface area contributed by atoms with E-state index in [2.05, 4.69) is 16.8 Å². The van der Waals surface area contributed by atoms with Crippen molar-refractivity contribution in [1.82, 2.24) is 9.80 Å². The lowest BCUT2D eigenvalue weighted by molar-refractivity contribution is -0.114. The monoisotopic (exact) mass is 291 g/mol. The number of hydrogen-bond acceptors (Lipinski definition) is 4. The van der Waals surface area contributed by atoms with Crippen molar-refractivity contribution in [2.24, 2.45) is 0 Å². The lowest BCUT2D eigenvalue weighted by Gasteiger charge is -2.33. The molecule has 0 radical (unpaired) electrons. The quantitative estimate of drug-likeness (QED) is 0.765. The highest BCUT2D eigenvalue weighted by atomic mass is 19.1. The van der Waals surface area contributed by atoms with Gasteiger partial charge in [-0.05, 0) is 25.2 Å². The summed E-state index contributed by atoms with van der Waals surface area (Å²) in [4.78, 5) is 29.8. The Hall–Kier alpha value is -1.79. The van der Waals surface area contributed by atoms with Crippen molar-refractivity contribution in [3.63, 3.8) is 0 Å². The van der Waals surface area contributed by atoms with Gasteiger partial charge in [0, 0.05) is 39.3 Å². The normalized spacial score (nSPS) is 20.2. The van der Waals surface area contributed by atoms with Gasteiger partial charge in [0.2, 0.25) is 0 Å². The number of rotatable bonds is 3. The Balaban J connectivity index is 1.70. The molecule has 0 unspecified atom stereocenters. The molecule has 0 aliphatic carbocycles. The van der Waals surface area contributed by atoms with Crippen LogP contribution in [0.3, 0.4) is 0 Å². The van der Waals surface area contributed by atoms with Gasteiger partial charge < -0.3 is 9.80 Å². The number of benzene rings is 1. The van der Waals surface area contributed by atoms with E-state index in [-0.39, 0.29) is 0 Å². The fourth-order valence-electron chi connectivity index (χ4n) is 2.80. The molecule has 2 aliphatic rings. The fourth-order valence-corrected chi connectivity index (χ4v) is 2.80. The summed E-state index contributed by atoms with van der Waals surface area (Å²) in [6.45, 7) is 5.01. The highest BCUT2D eigenvalue weighted by Crippen LogP contribution is 2.29. The molecule has 0 N–H and O–H groups in total. The van der Waals surface area contributed by atoms with Crippen LogP contribution >= 0.6 is 0 Å². The lowest BCUT2D eigenvalue weighted by Crippen LogP contribution is -2.47. The highest BCUT2D eigenvalue weighted by Gasteiger charge is 2.36. The van der Waals surface area contributed by atoms with Crippen LogP contribution in [0.1, 0.15) is 10.4 Å². The summed E-state index contributed by atoms with van der Waals surface area (Å²) in [5.74, 6) is -1.52. The first-order chi connectivity index (χ1) is 10.1. The van der Waals surface area contributed by atoms with E-state index in [1.807, 2.05) is 0 Å². The maximum atomic E-state index is 13.4. The Kier molecular flexibility index (Phi) is 3.73. The molecule has 0 saturated carbocycles. The van der Waals surface area contributed by atoms with Crippen LogP contribution in [0.15, 0.2) is 18.2 Å². The van der Waals surface area contributed by atoms with Crippen LogP contribution in [0.4, 0.5) is 10.1 Å². The van der Waals surface area contributed by atoms with Gasteiger partial charge in [0.25, 0.3) is 11.7 Å². The molecule has 2 aliphatic heterocycles. The number of Topliss-reactive ketones (excluding diaryl/α,β-unsaturated/α-hetero) is 1. The number of carbonyl (C=O) groups excluding carboxylic acids is 2.